The summed E-state index contributed by atoms with van der Waals surface area (Å²) in [6.07, 6.45) is 0. The molecule has 94 valence electrons. The molecule has 1 heterocycles. The van der Waals surface area contributed by atoms with Crippen LogP contribution in [0, 0.1) is 10.1 Å². The predicted molar refractivity (Wildman–Crippen MR) is 69.0 cm³/mol. The van der Waals surface area contributed by atoms with Gasteiger partial charge in [-0.3, -0.25) is 15.4 Å². The van der Waals surface area contributed by atoms with Gasteiger partial charge in [-0.05, 0) is 6.07 Å². The zero-order valence-corrected chi connectivity index (χ0v) is 10.5. The number of hydrogen-bond acceptors (Lipinski definition) is 5. The highest BCUT2D eigenvalue weighted by Crippen LogP contribution is 2.29. The lowest BCUT2D eigenvalue weighted by atomic mass is 10.3. The number of nitrogens with zero attached hydrogens (tertiary/aromatic N) is 3. The number of anilines is 1. The van der Waals surface area contributed by atoms with Gasteiger partial charge in [0.25, 0.3) is 5.69 Å². The standard InChI is InChI=1S/C10H10N4O3S/c1-13(2)10(15)12-9-11-7-4-3-6(14(16)17)5-8(7)18-9/h3-5H,1-2H3,(H,11,12,15). The van der Waals surface area contributed by atoms with Crippen molar-refractivity contribution in [1.29, 1.82) is 0 Å². The van der Waals surface area contributed by atoms with Crippen LogP contribution in [0.15, 0.2) is 18.2 Å². The van der Waals surface area contributed by atoms with Crippen LogP contribution in [0.2, 0.25) is 0 Å². The summed E-state index contributed by atoms with van der Waals surface area (Å²) in [5.41, 5.74) is 0.635. The van der Waals surface area contributed by atoms with Crippen molar-refractivity contribution in [1.82, 2.24) is 9.88 Å². The number of nitro groups is 1. The molecular weight excluding hydrogens is 256 g/mol. The lowest BCUT2D eigenvalue weighted by Crippen LogP contribution is -2.27. The monoisotopic (exact) mass is 266 g/mol. The van der Waals surface area contributed by atoms with E-state index in [4.69, 9.17) is 0 Å². The summed E-state index contributed by atoms with van der Waals surface area (Å²) in [6.45, 7) is 0. The van der Waals surface area contributed by atoms with Crippen molar-refractivity contribution >= 4 is 38.4 Å². The zero-order chi connectivity index (χ0) is 13.3. The zero-order valence-electron chi connectivity index (χ0n) is 9.71. The number of aromatic nitrogens is 1. The SMILES string of the molecule is CN(C)C(=O)Nc1nc2ccc([N+](=O)[O-])cc2s1. The molecule has 0 atom stereocenters. The van der Waals surface area contributed by atoms with E-state index < -0.39 is 4.92 Å². The van der Waals surface area contributed by atoms with Gasteiger partial charge in [-0.25, -0.2) is 9.78 Å². The molecule has 0 bridgehead atoms. The minimum absolute atomic E-state index is 0.0108. The largest absolute Gasteiger partial charge is 0.331 e. The van der Waals surface area contributed by atoms with Gasteiger partial charge in [0.15, 0.2) is 5.13 Å². The quantitative estimate of drug-likeness (QED) is 0.667. The molecule has 2 amide bonds. The lowest BCUT2D eigenvalue weighted by Gasteiger charge is -2.08. The topological polar surface area (TPSA) is 88.4 Å². The van der Waals surface area contributed by atoms with Crippen LogP contribution in [0.3, 0.4) is 0 Å². The Morgan fingerprint density at radius 2 is 2.22 bits per heavy atom. The van der Waals surface area contributed by atoms with Crippen LogP contribution in [0.4, 0.5) is 15.6 Å². The molecule has 0 aliphatic carbocycles. The summed E-state index contributed by atoms with van der Waals surface area (Å²) in [5.74, 6) is 0. The summed E-state index contributed by atoms with van der Waals surface area (Å²) < 4.78 is 0.665. The maximum atomic E-state index is 11.4. The van der Waals surface area contributed by atoms with Gasteiger partial charge in [0, 0.05) is 26.2 Å². The van der Waals surface area contributed by atoms with Gasteiger partial charge in [-0.2, -0.15) is 0 Å². The fourth-order valence-electron chi connectivity index (χ4n) is 1.28. The van der Waals surface area contributed by atoms with Gasteiger partial charge in [0.05, 0.1) is 15.1 Å². The summed E-state index contributed by atoms with van der Waals surface area (Å²) in [5, 5.41) is 13.7. The number of benzene rings is 1. The van der Waals surface area contributed by atoms with Crippen molar-refractivity contribution in [3.8, 4) is 0 Å². The third-order valence-electron chi connectivity index (χ3n) is 2.20. The number of non-ortho nitro benzene ring substituents is 1. The van der Waals surface area contributed by atoms with Crippen LogP contribution in [-0.2, 0) is 0 Å². The number of hydrogen-bond donors (Lipinski definition) is 1. The number of rotatable bonds is 2. The molecule has 1 N–H and O–H groups in total. The molecule has 7 nitrogen and oxygen atoms in total. The Bertz CT molecular complexity index is 623. The van der Waals surface area contributed by atoms with E-state index in [0.29, 0.717) is 15.3 Å². The molecule has 0 spiro atoms. The van der Waals surface area contributed by atoms with Crippen LogP contribution in [-0.4, -0.2) is 34.9 Å². The number of thiazole rings is 1. The van der Waals surface area contributed by atoms with E-state index in [-0.39, 0.29) is 11.7 Å². The lowest BCUT2D eigenvalue weighted by molar-refractivity contribution is -0.384. The van der Waals surface area contributed by atoms with E-state index in [0.717, 1.165) is 0 Å². The van der Waals surface area contributed by atoms with E-state index >= 15 is 0 Å². The summed E-state index contributed by atoms with van der Waals surface area (Å²) in [7, 11) is 3.24. The van der Waals surface area contributed by atoms with E-state index in [1.54, 1.807) is 20.2 Å². The van der Waals surface area contributed by atoms with Crippen molar-refractivity contribution in [2.45, 2.75) is 0 Å². The third-order valence-corrected chi connectivity index (χ3v) is 3.14. The maximum Gasteiger partial charge on any atom is 0.323 e. The van der Waals surface area contributed by atoms with Crippen molar-refractivity contribution in [2.24, 2.45) is 0 Å². The number of nitro benzene ring substituents is 1. The average Bonchev–Trinajstić information content (AvgIpc) is 2.69. The Morgan fingerprint density at radius 1 is 1.50 bits per heavy atom. The van der Waals surface area contributed by atoms with Gasteiger partial charge in [-0.15, -0.1) is 0 Å². The molecule has 2 aromatic rings. The van der Waals surface area contributed by atoms with Crippen molar-refractivity contribution < 1.29 is 9.72 Å². The fraction of sp³-hybridized carbons (Fsp3) is 0.200. The molecule has 8 heteroatoms. The van der Waals surface area contributed by atoms with Crippen LogP contribution in [0.5, 0.6) is 0 Å². The summed E-state index contributed by atoms with van der Waals surface area (Å²) >= 11 is 1.20. The number of carbonyl (C=O) groups is 1. The van der Waals surface area contributed by atoms with E-state index in [1.807, 2.05) is 0 Å². The second-order valence-electron chi connectivity index (χ2n) is 3.75. The summed E-state index contributed by atoms with van der Waals surface area (Å²) in [6, 6.07) is 4.11. The second-order valence-corrected chi connectivity index (χ2v) is 4.78. The van der Waals surface area contributed by atoms with Crippen molar-refractivity contribution in [3.63, 3.8) is 0 Å². The highest BCUT2D eigenvalue weighted by molar-refractivity contribution is 7.22. The van der Waals surface area contributed by atoms with Crippen LogP contribution < -0.4 is 5.32 Å². The number of nitrogens with one attached hydrogen (secondary N) is 1. The van der Waals surface area contributed by atoms with Gasteiger partial charge < -0.3 is 4.90 Å². The number of fused-ring (bicyclic) bond motifs is 1. The molecule has 1 aromatic heterocycles. The molecular formula is C10H10N4O3S. The molecule has 0 radical (unpaired) electrons. The number of urea groups is 1. The average molecular weight is 266 g/mol. The normalized spacial score (nSPS) is 10.3. The van der Waals surface area contributed by atoms with Crippen LogP contribution in [0.1, 0.15) is 0 Å². The molecule has 0 aliphatic rings. The van der Waals surface area contributed by atoms with E-state index in [2.05, 4.69) is 10.3 Å². The summed E-state index contributed by atoms with van der Waals surface area (Å²) in [4.78, 5) is 27.2. The predicted octanol–water partition coefficient (Wildman–Crippen LogP) is 2.30. The third kappa shape index (κ3) is 2.38. The van der Waals surface area contributed by atoms with Crippen molar-refractivity contribution in [3.05, 3.63) is 28.3 Å². The van der Waals surface area contributed by atoms with Gasteiger partial charge in [0.2, 0.25) is 0 Å². The minimum Gasteiger partial charge on any atom is -0.331 e. The fourth-order valence-corrected chi connectivity index (χ4v) is 2.17. The molecule has 0 saturated carbocycles. The second kappa shape index (κ2) is 4.57. The smallest absolute Gasteiger partial charge is 0.323 e. The van der Waals surface area contributed by atoms with E-state index in [9.17, 15) is 14.9 Å². The Morgan fingerprint density at radius 3 is 2.83 bits per heavy atom. The molecule has 18 heavy (non-hydrogen) atoms. The Hall–Kier alpha value is -2.22. The highest BCUT2D eigenvalue weighted by atomic mass is 32.1. The van der Waals surface area contributed by atoms with Gasteiger partial charge in [-0.1, -0.05) is 11.3 Å². The molecule has 0 aliphatic heterocycles. The molecule has 0 unspecified atom stereocenters. The van der Waals surface area contributed by atoms with Gasteiger partial charge in [0.1, 0.15) is 0 Å². The highest BCUT2D eigenvalue weighted by Gasteiger charge is 2.12. The first-order chi connectivity index (χ1) is 8.47. The van der Waals surface area contributed by atoms with Crippen LogP contribution in [0.25, 0.3) is 10.2 Å². The van der Waals surface area contributed by atoms with Crippen LogP contribution >= 0.6 is 11.3 Å². The minimum atomic E-state index is -0.461. The molecule has 0 saturated heterocycles. The van der Waals surface area contributed by atoms with Gasteiger partial charge >= 0.3 is 6.03 Å². The molecule has 0 fully saturated rings. The molecule has 1 aromatic carbocycles. The number of amides is 2. The van der Waals surface area contributed by atoms with Crippen molar-refractivity contribution in [2.75, 3.05) is 19.4 Å². The Labute approximate surface area is 106 Å². The molecule has 2 rings (SSSR count). The first-order valence-corrected chi connectivity index (χ1v) is 5.82. The Kier molecular flexibility index (Phi) is 3.11. The number of carbonyl (C=O) groups excluding carboxylic acids is 1. The maximum absolute atomic E-state index is 11.4. The first kappa shape index (κ1) is 12.2. The first-order valence-electron chi connectivity index (χ1n) is 5.00. The Balaban J connectivity index is 2.33. The van der Waals surface area contributed by atoms with E-state index in [1.165, 1.54) is 28.4 Å².